The van der Waals surface area contributed by atoms with Gasteiger partial charge < -0.3 is 10.1 Å². The van der Waals surface area contributed by atoms with E-state index in [0.29, 0.717) is 30.7 Å². The van der Waals surface area contributed by atoms with Crippen molar-refractivity contribution < 1.29 is 9.53 Å². The maximum absolute atomic E-state index is 11.6. The van der Waals surface area contributed by atoms with E-state index in [1.807, 2.05) is 18.2 Å². The minimum absolute atomic E-state index is 0.256. The van der Waals surface area contributed by atoms with Gasteiger partial charge in [-0.15, -0.1) is 0 Å². The van der Waals surface area contributed by atoms with Crippen molar-refractivity contribution in [3.8, 4) is 0 Å². The Balaban J connectivity index is 2.17. The number of esters is 1. The van der Waals surface area contributed by atoms with Gasteiger partial charge in [0, 0.05) is 12.6 Å². The topological polar surface area (TPSA) is 38.3 Å². The zero-order valence-corrected chi connectivity index (χ0v) is 11.5. The summed E-state index contributed by atoms with van der Waals surface area (Å²) in [5.74, 6) is 0.424. The molecule has 1 unspecified atom stereocenters. The Morgan fingerprint density at radius 2 is 1.89 bits per heavy atom. The van der Waals surface area contributed by atoms with Gasteiger partial charge >= 0.3 is 5.97 Å². The van der Waals surface area contributed by atoms with E-state index in [2.05, 4.69) is 26.1 Å². The monoisotopic (exact) mass is 249 g/mol. The van der Waals surface area contributed by atoms with Gasteiger partial charge in [-0.25, -0.2) is 4.79 Å². The van der Waals surface area contributed by atoms with E-state index < -0.39 is 0 Å². The molecule has 0 radical (unpaired) electrons. The number of carbonyl (C=O) groups excluding carboxylic acids is 1. The van der Waals surface area contributed by atoms with E-state index in [9.17, 15) is 4.79 Å². The van der Waals surface area contributed by atoms with Gasteiger partial charge in [-0.1, -0.05) is 32.0 Å². The summed E-state index contributed by atoms with van der Waals surface area (Å²) in [4.78, 5) is 11.6. The molecule has 1 aromatic carbocycles. The number of nitrogens with one attached hydrogen (secondary N) is 1. The van der Waals surface area contributed by atoms with E-state index in [1.54, 1.807) is 12.1 Å². The molecule has 0 saturated carbocycles. The number of ether oxygens (including phenoxy) is 1. The van der Waals surface area contributed by atoms with Gasteiger partial charge in [-0.2, -0.15) is 0 Å². The Morgan fingerprint density at radius 1 is 1.22 bits per heavy atom. The highest BCUT2D eigenvalue weighted by Crippen LogP contribution is 2.03. The molecular weight excluding hydrogens is 226 g/mol. The summed E-state index contributed by atoms with van der Waals surface area (Å²) in [5, 5.41) is 3.34. The largest absolute Gasteiger partial charge is 0.461 e. The standard InChI is InChI=1S/C15H23NO2/c1-12(2)11-13(3)16-9-10-18-15(17)14-7-5-4-6-8-14/h4-8,12-13,16H,9-11H2,1-3H3. The molecule has 3 heteroatoms. The first-order chi connectivity index (χ1) is 8.59. The number of benzene rings is 1. The highest BCUT2D eigenvalue weighted by molar-refractivity contribution is 5.89. The Kier molecular flexibility index (Phi) is 6.44. The maximum atomic E-state index is 11.6. The average Bonchev–Trinajstić information content (AvgIpc) is 2.34. The van der Waals surface area contributed by atoms with E-state index in [0.717, 1.165) is 6.42 Å². The molecule has 0 aromatic heterocycles. The first-order valence-corrected chi connectivity index (χ1v) is 6.55. The molecule has 1 atom stereocenters. The highest BCUT2D eigenvalue weighted by atomic mass is 16.5. The molecule has 0 aliphatic carbocycles. The van der Waals surface area contributed by atoms with Crippen LogP contribution in [0.5, 0.6) is 0 Å². The lowest BCUT2D eigenvalue weighted by atomic mass is 10.1. The second kappa shape index (κ2) is 7.88. The smallest absolute Gasteiger partial charge is 0.338 e. The molecule has 0 aliphatic heterocycles. The van der Waals surface area contributed by atoms with Crippen LogP contribution < -0.4 is 5.32 Å². The third-order valence-electron chi connectivity index (χ3n) is 2.66. The Bertz CT molecular complexity index is 349. The fourth-order valence-corrected chi connectivity index (χ4v) is 1.90. The van der Waals surface area contributed by atoms with Crippen molar-refractivity contribution in [2.24, 2.45) is 5.92 Å². The number of hydrogen-bond donors (Lipinski definition) is 1. The maximum Gasteiger partial charge on any atom is 0.338 e. The Hall–Kier alpha value is -1.35. The minimum atomic E-state index is -0.256. The summed E-state index contributed by atoms with van der Waals surface area (Å²) < 4.78 is 5.18. The first-order valence-electron chi connectivity index (χ1n) is 6.55. The predicted octanol–water partition coefficient (Wildman–Crippen LogP) is 2.87. The summed E-state index contributed by atoms with van der Waals surface area (Å²) >= 11 is 0. The second-order valence-electron chi connectivity index (χ2n) is 4.99. The van der Waals surface area contributed by atoms with E-state index >= 15 is 0 Å². The van der Waals surface area contributed by atoms with Crippen molar-refractivity contribution in [2.45, 2.75) is 33.2 Å². The molecule has 0 saturated heterocycles. The molecule has 0 amide bonds. The summed E-state index contributed by atoms with van der Waals surface area (Å²) in [6.07, 6.45) is 1.13. The third-order valence-corrected chi connectivity index (χ3v) is 2.66. The summed E-state index contributed by atoms with van der Waals surface area (Å²) in [7, 11) is 0. The average molecular weight is 249 g/mol. The minimum Gasteiger partial charge on any atom is -0.461 e. The Morgan fingerprint density at radius 3 is 2.50 bits per heavy atom. The highest BCUT2D eigenvalue weighted by Gasteiger charge is 2.07. The zero-order valence-electron chi connectivity index (χ0n) is 11.5. The number of rotatable bonds is 7. The van der Waals surface area contributed by atoms with Crippen LogP contribution in [0.4, 0.5) is 0 Å². The van der Waals surface area contributed by atoms with Crippen LogP contribution in [-0.4, -0.2) is 25.2 Å². The van der Waals surface area contributed by atoms with Crippen molar-refractivity contribution in [1.29, 1.82) is 0 Å². The molecule has 0 bridgehead atoms. The van der Waals surface area contributed by atoms with Gasteiger partial charge in [0.15, 0.2) is 0 Å². The van der Waals surface area contributed by atoms with Crippen LogP contribution in [0.15, 0.2) is 30.3 Å². The fraction of sp³-hybridized carbons (Fsp3) is 0.533. The van der Waals surface area contributed by atoms with Crippen LogP contribution in [0, 0.1) is 5.92 Å². The van der Waals surface area contributed by atoms with Gasteiger partial charge in [-0.3, -0.25) is 0 Å². The molecule has 1 aromatic rings. The van der Waals surface area contributed by atoms with Gasteiger partial charge in [0.25, 0.3) is 0 Å². The van der Waals surface area contributed by atoms with Crippen molar-refractivity contribution in [3.05, 3.63) is 35.9 Å². The summed E-state index contributed by atoms with van der Waals surface area (Å²) in [5.41, 5.74) is 0.604. The number of hydrogen-bond acceptors (Lipinski definition) is 3. The van der Waals surface area contributed by atoms with E-state index in [-0.39, 0.29) is 5.97 Å². The van der Waals surface area contributed by atoms with Crippen LogP contribution in [0.2, 0.25) is 0 Å². The fourth-order valence-electron chi connectivity index (χ4n) is 1.90. The van der Waals surface area contributed by atoms with Crippen LogP contribution in [0.3, 0.4) is 0 Å². The summed E-state index contributed by atoms with van der Waals surface area (Å²) in [6, 6.07) is 9.53. The normalized spacial score (nSPS) is 12.4. The molecule has 1 rings (SSSR count). The van der Waals surface area contributed by atoms with Gasteiger partial charge in [-0.05, 0) is 31.4 Å². The molecule has 1 N–H and O–H groups in total. The SMILES string of the molecule is CC(C)CC(C)NCCOC(=O)c1ccccc1. The third kappa shape index (κ3) is 5.82. The van der Waals surface area contributed by atoms with Crippen molar-refractivity contribution >= 4 is 5.97 Å². The van der Waals surface area contributed by atoms with E-state index in [4.69, 9.17) is 4.74 Å². The molecule has 0 spiro atoms. The van der Waals surface area contributed by atoms with Crippen LogP contribution in [0.1, 0.15) is 37.6 Å². The lowest BCUT2D eigenvalue weighted by Gasteiger charge is -2.15. The van der Waals surface area contributed by atoms with Crippen LogP contribution in [-0.2, 0) is 4.74 Å². The van der Waals surface area contributed by atoms with Crippen molar-refractivity contribution in [3.63, 3.8) is 0 Å². The molecule has 3 nitrogen and oxygen atoms in total. The van der Waals surface area contributed by atoms with Gasteiger partial charge in [0.05, 0.1) is 5.56 Å². The first kappa shape index (κ1) is 14.7. The lowest BCUT2D eigenvalue weighted by Crippen LogP contribution is -2.31. The quantitative estimate of drug-likeness (QED) is 0.596. The number of carbonyl (C=O) groups is 1. The predicted molar refractivity (Wildman–Crippen MR) is 73.6 cm³/mol. The zero-order chi connectivity index (χ0) is 13.4. The van der Waals surface area contributed by atoms with Crippen LogP contribution >= 0.6 is 0 Å². The molecule has 100 valence electrons. The lowest BCUT2D eigenvalue weighted by molar-refractivity contribution is 0.0505. The van der Waals surface area contributed by atoms with Gasteiger partial charge in [0.1, 0.15) is 6.61 Å². The molecular formula is C15H23NO2. The van der Waals surface area contributed by atoms with Gasteiger partial charge in [0.2, 0.25) is 0 Å². The van der Waals surface area contributed by atoms with Crippen molar-refractivity contribution in [2.75, 3.05) is 13.2 Å². The van der Waals surface area contributed by atoms with Crippen molar-refractivity contribution in [1.82, 2.24) is 5.32 Å². The summed E-state index contributed by atoms with van der Waals surface area (Å²) in [6.45, 7) is 7.67. The van der Waals surface area contributed by atoms with Crippen LogP contribution in [0.25, 0.3) is 0 Å². The van der Waals surface area contributed by atoms with E-state index in [1.165, 1.54) is 0 Å². The molecule has 0 fully saturated rings. The second-order valence-corrected chi connectivity index (χ2v) is 4.99. The molecule has 0 aliphatic rings. The Labute approximate surface area is 110 Å². The molecule has 18 heavy (non-hydrogen) atoms. The molecule has 0 heterocycles.